The fraction of sp³-hybridized carbons (Fsp3) is 0. The molecule has 1 heterocycles. The van der Waals surface area contributed by atoms with Gasteiger partial charge in [0.05, 0.1) is 10.0 Å². The van der Waals surface area contributed by atoms with Crippen LogP contribution in [0.4, 0.5) is 0 Å². The maximum Gasteiger partial charge on any atom is 0.178 e. The zero-order valence-electron chi connectivity index (χ0n) is 7.24. The van der Waals surface area contributed by atoms with E-state index in [0.717, 1.165) is 0 Å². The molecule has 2 rings (SSSR count). The van der Waals surface area contributed by atoms with Gasteiger partial charge >= 0.3 is 0 Å². The van der Waals surface area contributed by atoms with Gasteiger partial charge in [0.25, 0.3) is 0 Å². The van der Waals surface area contributed by atoms with Crippen molar-refractivity contribution in [3.05, 3.63) is 28.5 Å². The minimum Gasteiger partial charge on any atom is -0.503 e. The summed E-state index contributed by atoms with van der Waals surface area (Å²) in [5.74, 6) is -0.826. The predicted molar refractivity (Wildman–Crippen MR) is 65.4 cm³/mol. The van der Waals surface area contributed by atoms with E-state index < -0.39 is 11.5 Å². The van der Waals surface area contributed by atoms with Crippen LogP contribution in [-0.2, 0) is 0 Å². The Balaban J connectivity index is 0.00000112. The van der Waals surface area contributed by atoms with Crippen molar-refractivity contribution in [2.75, 3.05) is 0 Å². The number of fused-ring (bicyclic) bond motifs is 1. The number of nitrogens with zero attached hydrogens (tertiary/aromatic N) is 1. The molecule has 0 unspecified atom stereocenters. The SMILES string of the molecule is Br.Oc1c(O)c(Cl)c2cnccc2c1Cl. The first-order valence-corrected chi connectivity index (χ1v) is 4.51. The van der Waals surface area contributed by atoms with Crippen LogP contribution in [-0.4, -0.2) is 15.2 Å². The highest BCUT2D eigenvalue weighted by molar-refractivity contribution is 8.93. The van der Waals surface area contributed by atoms with E-state index in [-0.39, 0.29) is 27.0 Å². The van der Waals surface area contributed by atoms with Crippen molar-refractivity contribution in [3.8, 4) is 11.5 Å². The lowest BCUT2D eigenvalue weighted by Crippen LogP contribution is -1.81. The monoisotopic (exact) mass is 309 g/mol. The number of phenolic OH excluding ortho intramolecular Hbond substituents is 2. The Morgan fingerprint density at radius 2 is 1.53 bits per heavy atom. The van der Waals surface area contributed by atoms with E-state index in [4.69, 9.17) is 23.2 Å². The topological polar surface area (TPSA) is 53.4 Å². The maximum absolute atomic E-state index is 9.40. The second kappa shape index (κ2) is 4.43. The van der Waals surface area contributed by atoms with Crippen molar-refractivity contribution >= 4 is 51.0 Å². The van der Waals surface area contributed by atoms with Crippen molar-refractivity contribution in [1.82, 2.24) is 4.98 Å². The molecule has 0 aliphatic rings. The molecule has 0 aliphatic carbocycles. The summed E-state index contributed by atoms with van der Waals surface area (Å²) in [5.41, 5.74) is 0. The number of pyridine rings is 1. The van der Waals surface area contributed by atoms with Gasteiger partial charge < -0.3 is 10.2 Å². The van der Waals surface area contributed by atoms with E-state index in [1.807, 2.05) is 0 Å². The Hall–Kier alpha value is -0.710. The molecule has 0 atom stereocenters. The zero-order chi connectivity index (χ0) is 10.3. The second-order valence-electron chi connectivity index (χ2n) is 2.75. The quantitative estimate of drug-likeness (QED) is 0.732. The molecule has 6 heteroatoms. The van der Waals surface area contributed by atoms with Gasteiger partial charge in [0.15, 0.2) is 11.5 Å². The first-order chi connectivity index (χ1) is 6.63. The largest absolute Gasteiger partial charge is 0.503 e. The second-order valence-corrected chi connectivity index (χ2v) is 3.50. The number of rotatable bonds is 0. The Labute approximate surface area is 106 Å². The maximum atomic E-state index is 9.40. The van der Waals surface area contributed by atoms with E-state index >= 15 is 0 Å². The average molecular weight is 311 g/mol. The van der Waals surface area contributed by atoms with Crippen LogP contribution < -0.4 is 0 Å². The van der Waals surface area contributed by atoms with Crippen LogP contribution in [0, 0.1) is 0 Å². The third kappa shape index (κ3) is 1.85. The van der Waals surface area contributed by atoms with Gasteiger partial charge in [-0.15, -0.1) is 17.0 Å². The van der Waals surface area contributed by atoms with Crippen LogP contribution in [0.3, 0.4) is 0 Å². The van der Waals surface area contributed by atoms with Crippen molar-refractivity contribution < 1.29 is 10.2 Å². The van der Waals surface area contributed by atoms with Gasteiger partial charge in [-0.1, -0.05) is 23.2 Å². The number of hydrogen-bond acceptors (Lipinski definition) is 3. The van der Waals surface area contributed by atoms with Gasteiger partial charge in [-0.25, -0.2) is 0 Å². The van der Waals surface area contributed by atoms with E-state index in [2.05, 4.69) is 4.98 Å². The smallest absolute Gasteiger partial charge is 0.178 e. The minimum absolute atomic E-state index is 0. The summed E-state index contributed by atoms with van der Waals surface area (Å²) in [5, 5.41) is 20.0. The predicted octanol–water partition coefficient (Wildman–Crippen LogP) is 3.53. The van der Waals surface area contributed by atoms with Crippen molar-refractivity contribution in [2.24, 2.45) is 0 Å². The van der Waals surface area contributed by atoms with Crippen LogP contribution in [0.1, 0.15) is 0 Å². The highest BCUT2D eigenvalue weighted by Crippen LogP contribution is 2.45. The molecule has 2 N–H and O–H groups in total. The van der Waals surface area contributed by atoms with Gasteiger partial charge in [0, 0.05) is 23.2 Å². The zero-order valence-corrected chi connectivity index (χ0v) is 10.5. The van der Waals surface area contributed by atoms with Gasteiger partial charge in [-0.2, -0.15) is 0 Å². The van der Waals surface area contributed by atoms with Crippen molar-refractivity contribution in [2.45, 2.75) is 0 Å². The number of halogens is 3. The summed E-state index contributed by atoms with van der Waals surface area (Å²) in [4.78, 5) is 3.85. The van der Waals surface area contributed by atoms with Crippen LogP contribution in [0.25, 0.3) is 10.8 Å². The first-order valence-electron chi connectivity index (χ1n) is 3.75. The molecule has 0 saturated heterocycles. The Bertz CT molecular complexity index is 472. The van der Waals surface area contributed by atoms with E-state index in [1.165, 1.54) is 12.4 Å². The molecule has 80 valence electrons. The number of benzene rings is 1. The first kappa shape index (κ1) is 12.4. The summed E-state index contributed by atoms with van der Waals surface area (Å²) < 4.78 is 0. The van der Waals surface area contributed by atoms with Gasteiger partial charge in [-0.05, 0) is 6.07 Å². The molecular weight excluding hydrogens is 305 g/mol. The molecule has 0 bridgehead atoms. The molecule has 0 radical (unpaired) electrons. The summed E-state index contributed by atoms with van der Waals surface area (Å²) in [6.45, 7) is 0. The normalized spacial score (nSPS) is 10.0. The van der Waals surface area contributed by atoms with E-state index in [0.29, 0.717) is 10.8 Å². The fourth-order valence-corrected chi connectivity index (χ4v) is 1.72. The standard InChI is InChI=1S/C9H5Cl2NO2.BrH/c10-6-4-1-2-12-3-5(4)7(11)9(14)8(6)13;/h1-3,13-14H;1H. The number of aromatic hydroxyl groups is 2. The molecule has 1 aromatic carbocycles. The van der Waals surface area contributed by atoms with Crippen molar-refractivity contribution in [1.29, 1.82) is 0 Å². The molecule has 0 spiro atoms. The lowest BCUT2D eigenvalue weighted by molar-refractivity contribution is 0.405. The van der Waals surface area contributed by atoms with Gasteiger partial charge in [0.1, 0.15) is 0 Å². The van der Waals surface area contributed by atoms with Crippen LogP contribution >= 0.6 is 40.2 Å². The molecule has 1 aromatic heterocycles. The molecule has 0 saturated carbocycles. The van der Waals surface area contributed by atoms with Crippen LogP contribution in [0.15, 0.2) is 18.5 Å². The molecule has 0 amide bonds. The van der Waals surface area contributed by atoms with Crippen molar-refractivity contribution in [3.63, 3.8) is 0 Å². The third-order valence-electron chi connectivity index (χ3n) is 1.93. The van der Waals surface area contributed by atoms with Crippen LogP contribution in [0.2, 0.25) is 10.0 Å². The molecule has 0 aliphatic heterocycles. The van der Waals surface area contributed by atoms with Gasteiger partial charge in [-0.3, -0.25) is 4.98 Å². The fourth-order valence-electron chi connectivity index (χ4n) is 1.22. The summed E-state index contributed by atoms with van der Waals surface area (Å²) in [7, 11) is 0. The molecule has 2 aromatic rings. The highest BCUT2D eigenvalue weighted by atomic mass is 79.9. The molecule has 3 nitrogen and oxygen atoms in total. The Morgan fingerprint density at radius 3 is 2.13 bits per heavy atom. The van der Waals surface area contributed by atoms with Gasteiger partial charge in [0.2, 0.25) is 0 Å². The number of phenols is 2. The van der Waals surface area contributed by atoms with Crippen LogP contribution in [0.5, 0.6) is 11.5 Å². The van der Waals surface area contributed by atoms with E-state index in [1.54, 1.807) is 6.07 Å². The number of hydrogen-bond donors (Lipinski definition) is 2. The minimum atomic E-state index is -0.419. The Kier molecular flexibility index (Phi) is 3.65. The Morgan fingerprint density at radius 1 is 1.00 bits per heavy atom. The molecule has 0 fully saturated rings. The highest BCUT2D eigenvalue weighted by Gasteiger charge is 2.15. The summed E-state index contributed by atoms with van der Waals surface area (Å²) in [6, 6.07) is 1.61. The lowest BCUT2D eigenvalue weighted by atomic mass is 10.1. The molecular formula is C9H6BrCl2NO2. The summed E-state index contributed by atoms with van der Waals surface area (Å²) in [6.07, 6.45) is 3.00. The summed E-state index contributed by atoms with van der Waals surface area (Å²) >= 11 is 11.6. The molecule has 15 heavy (non-hydrogen) atoms. The van der Waals surface area contributed by atoms with E-state index in [9.17, 15) is 10.2 Å². The third-order valence-corrected chi connectivity index (χ3v) is 2.70. The number of aromatic nitrogens is 1. The average Bonchev–Trinajstić information content (AvgIpc) is 2.23. The lowest BCUT2D eigenvalue weighted by Gasteiger charge is -2.07.